The van der Waals surface area contributed by atoms with Crippen molar-refractivity contribution in [1.82, 2.24) is 5.32 Å². The predicted molar refractivity (Wildman–Crippen MR) is 73.1 cm³/mol. The molecule has 0 aliphatic heterocycles. The van der Waals surface area contributed by atoms with Crippen LogP contribution in [-0.4, -0.2) is 11.9 Å². The van der Waals surface area contributed by atoms with Gasteiger partial charge in [-0.05, 0) is 60.7 Å². The Morgan fingerprint density at radius 3 is 2.76 bits per heavy atom. The Hall–Kier alpha value is -0.830. The van der Waals surface area contributed by atoms with Crippen molar-refractivity contribution in [2.75, 3.05) is 0 Å². The SMILES string of the molecule is Cc1ccc(Br)c(C(=O)NC(C)C2CCC2)c1. The van der Waals surface area contributed by atoms with Gasteiger partial charge < -0.3 is 5.32 Å². The van der Waals surface area contributed by atoms with E-state index in [4.69, 9.17) is 0 Å². The highest BCUT2D eigenvalue weighted by atomic mass is 79.9. The summed E-state index contributed by atoms with van der Waals surface area (Å²) in [6, 6.07) is 6.13. The van der Waals surface area contributed by atoms with Crippen LogP contribution in [0, 0.1) is 12.8 Å². The molecule has 0 aromatic heterocycles. The molecule has 2 rings (SSSR count). The number of carbonyl (C=O) groups is 1. The molecule has 1 unspecified atom stereocenters. The lowest BCUT2D eigenvalue weighted by molar-refractivity contribution is 0.0908. The third-order valence-corrected chi connectivity index (χ3v) is 4.27. The van der Waals surface area contributed by atoms with E-state index in [-0.39, 0.29) is 11.9 Å². The third-order valence-electron chi connectivity index (χ3n) is 3.58. The number of amides is 1. The second kappa shape index (κ2) is 5.21. The molecule has 0 radical (unpaired) electrons. The highest BCUT2D eigenvalue weighted by Crippen LogP contribution is 2.29. The monoisotopic (exact) mass is 295 g/mol. The Kier molecular flexibility index (Phi) is 3.87. The van der Waals surface area contributed by atoms with E-state index in [1.165, 1.54) is 19.3 Å². The van der Waals surface area contributed by atoms with Crippen LogP contribution in [-0.2, 0) is 0 Å². The zero-order chi connectivity index (χ0) is 12.4. The van der Waals surface area contributed by atoms with Gasteiger partial charge in [-0.2, -0.15) is 0 Å². The van der Waals surface area contributed by atoms with Crippen LogP contribution in [0.5, 0.6) is 0 Å². The smallest absolute Gasteiger partial charge is 0.252 e. The van der Waals surface area contributed by atoms with Gasteiger partial charge in [0.2, 0.25) is 0 Å². The molecule has 1 aromatic carbocycles. The summed E-state index contributed by atoms with van der Waals surface area (Å²) >= 11 is 3.43. The van der Waals surface area contributed by atoms with E-state index in [2.05, 4.69) is 28.2 Å². The first-order chi connectivity index (χ1) is 8.08. The van der Waals surface area contributed by atoms with Crippen molar-refractivity contribution in [1.29, 1.82) is 0 Å². The maximum atomic E-state index is 12.1. The third kappa shape index (κ3) is 2.89. The van der Waals surface area contributed by atoms with Crippen molar-refractivity contribution >= 4 is 21.8 Å². The average molecular weight is 296 g/mol. The molecule has 17 heavy (non-hydrogen) atoms. The van der Waals surface area contributed by atoms with Crippen molar-refractivity contribution in [2.24, 2.45) is 5.92 Å². The van der Waals surface area contributed by atoms with Crippen LogP contribution in [0.1, 0.15) is 42.1 Å². The molecule has 1 aromatic rings. The van der Waals surface area contributed by atoms with Crippen molar-refractivity contribution in [3.05, 3.63) is 33.8 Å². The van der Waals surface area contributed by atoms with Crippen LogP contribution >= 0.6 is 15.9 Å². The highest BCUT2D eigenvalue weighted by Gasteiger charge is 2.25. The molecule has 1 amide bonds. The lowest BCUT2D eigenvalue weighted by atomic mass is 9.80. The minimum absolute atomic E-state index is 0.0278. The number of benzene rings is 1. The van der Waals surface area contributed by atoms with Crippen LogP contribution in [0.3, 0.4) is 0 Å². The van der Waals surface area contributed by atoms with Crippen LogP contribution in [0.2, 0.25) is 0 Å². The van der Waals surface area contributed by atoms with E-state index in [0.29, 0.717) is 5.92 Å². The predicted octanol–water partition coefficient (Wildman–Crippen LogP) is 3.68. The van der Waals surface area contributed by atoms with E-state index in [9.17, 15) is 4.79 Å². The molecule has 1 atom stereocenters. The van der Waals surface area contributed by atoms with E-state index in [1.807, 2.05) is 25.1 Å². The molecular weight excluding hydrogens is 278 g/mol. The van der Waals surface area contributed by atoms with Gasteiger partial charge in [-0.3, -0.25) is 4.79 Å². The molecule has 3 heteroatoms. The van der Waals surface area contributed by atoms with Gasteiger partial charge in [-0.15, -0.1) is 0 Å². The van der Waals surface area contributed by atoms with E-state index in [0.717, 1.165) is 15.6 Å². The summed E-state index contributed by atoms with van der Waals surface area (Å²) in [5.41, 5.74) is 1.84. The van der Waals surface area contributed by atoms with Crippen LogP contribution in [0.15, 0.2) is 22.7 Å². The Morgan fingerprint density at radius 1 is 1.47 bits per heavy atom. The highest BCUT2D eigenvalue weighted by molar-refractivity contribution is 9.10. The maximum Gasteiger partial charge on any atom is 0.252 e. The van der Waals surface area contributed by atoms with Gasteiger partial charge in [0.1, 0.15) is 0 Å². The standard InChI is InChI=1S/C14H18BrNO/c1-9-6-7-13(15)12(8-9)14(17)16-10(2)11-4-3-5-11/h6-8,10-11H,3-5H2,1-2H3,(H,16,17). The molecule has 0 bridgehead atoms. The summed E-state index contributed by atoms with van der Waals surface area (Å²) in [5.74, 6) is 0.697. The normalized spacial score (nSPS) is 17.4. The topological polar surface area (TPSA) is 29.1 Å². The number of hydrogen-bond donors (Lipinski definition) is 1. The Labute approximate surface area is 111 Å². The van der Waals surface area contributed by atoms with Gasteiger partial charge in [0, 0.05) is 10.5 Å². The Bertz CT molecular complexity index is 426. The molecule has 92 valence electrons. The first-order valence-corrected chi connectivity index (χ1v) is 6.94. The zero-order valence-corrected chi connectivity index (χ0v) is 11.9. The zero-order valence-electron chi connectivity index (χ0n) is 10.3. The first kappa shape index (κ1) is 12.6. The van der Waals surface area contributed by atoms with Crippen LogP contribution in [0.25, 0.3) is 0 Å². The average Bonchev–Trinajstić information content (AvgIpc) is 2.18. The quantitative estimate of drug-likeness (QED) is 0.906. The number of nitrogens with one attached hydrogen (secondary N) is 1. The minimum Gasteiger partial charge on any atom is -0.349 e. The first-order valence-electron chi connectivity index (χ1n) is 6.15. The van der Waals surface area contributed by atoms with E-state index >= 15 is 0 Å². The summed E-state index contributed by atoms with van der Waals surface area (Å²) in [6.45, 7) is 4.10. The van der Waals surface area contributed by atoms with E-state index in [1.54, 1.807) is 0 Å². The molecule has 1 aliphatic rings. The van der Waals surface area contributed by atoms with Gasteiger partial charge in [0.25, 0.3) is 5.91 Å². The van der Waals surface area contributed by atoms with Gasteiger partial charge in [-0.1, -0.05) is 18.1 Å². The summed E-state index contributed by atoms with van der Waals surface area (Å²) in [5, 5.41) is 3.10. The fraction of sp³-hybridized carbons (Fsp3) is 0.500. The molecule has 1 fully saturated rings. The molecule has 0 heterocycles. The second-order valence-electron chi connectivity index (χ2n) is 4.94. The Balaban J connectivity index is 2.05. The lowest BCUT2D eigenvalue weighted by Gasteiger charge is -2.32. The lowest BCUT2D eigenvalue weighted by Crippen LogP contribution is -2.40. The van der Waals surface area contributed by atoms with E-state index < -0.39 is 0 Å². The van der Waals surface area contributed by atoms with Crippen LogP contribution < -0.4 is 5.32 Å². The molecule has 2 nitrogen and oxygen atoms in total. The van der Waals surface area contributed by atoms with Gasteiger partial charge in [-0.25, -0.2) is 0 Å². The van der Waals surface area contributed by atoms with Crippen molar-refractivity contribution in [3.8, 4) is 0 Å². The number of rotatable bonds is 3. The molecule has 0 saturated heterocycles. The largest absolute Gasteiger partial charge is 0.349 e. The molecule has 1 aliphatic carbocycles. The number of halogens is 1. The van der Waals surface area contributed by atoms with Crippen molar-refractivity contribution in [2.45, 2.75) is 39.2 Å². The molecule has 1 N–H and O–H groups in total. The molecule has 1 saturated carbocycles. The van der Waals surface area contributed by atoms with Crippen LogP contribution in [0.4, 0.5) is 0 Å². The molecular formula is C14H18BrNO. The van der Waals surface area contributed by atoms with Crippen molar-refractivity contribution in [3.63, 3.8) is 0 Å². The minimum atomic E-state index is 0.0278. The number of aryl methyl sites for hydroxylation is 1. The summed E-state index contributed by atoms with van der Waals surface area (Å²) in [7, 11) is 0. The summed E-state index contributed by atoms with van der Waals surface area (Å²) < 4.78 is 0.862. The van der Waals surface area contributed by atoms with Gasteiger partial charge in [0.15, 0.2) is 0 Å². The van der Waals surface area contributed by atoms with Gasteiger partial charge >= 0.3 is 0 Å². The fourth-order valence-corrected chi connectivity index (χ4v) is 2.58. The van der Waals surface area contributed by atoms with Gasteiger partial charge in [0.05, 0.1) is 5.56 Å². The second-order valence-corrected chi connectivity index (χ2v) is 5.79. The molecule has 0 spiro atoms. The van der Waals surface area contributed by atoms with Crippen molar-refractivity contribution < 1.29 is 4.79 Å². The Morgan fingerprint density at radius 2 is 2.18 bits per heavy atom. The fourth-order valence-electron chi connectivity index (χ4n) is 2.16. The summed E-state index contributed by atoms with van der Waals surface area (Å²) in [6.07, 6.45) is 3.80. The summed E-state index contributed by atoms with van der Waals surface area (Å²) in [4.78, 5) is 12.1. The number of carbonyl (C=O) groups excluding carboxylic acids is 1. The maximum absolute atomic E-state index is 12.1. The number of hydrogen-bond acceptors (Lipinski definition) is 1.